The molecule has 1 aromatic heterocycles. The summed E-state index contributed by atoms with van der Waals surface area (Å²) >= 11 is 0. The van der Waals surface area contributed by atoms with Gasteiger partial charge in [-0.05, 0) is 59.3 Å². The van der Waals surface area contributed by atoms with E-state index in [4.69, 9.17) is 0 Å². The highest BCUT2D eigenvalue weighted by Gasteiger charge is 2.15. The second-order valence-electron chi connectivity index (χ2n) is 7.03. The first-order valence-electron chi connectivity index (χ1n) is 10.7. The van der Waals surface area contributed by atoms with Crippen molar-refractivity contribution in [2.24, 2.45) is 5.18 Å². The zero-order chi connectivity index (χ0) is 24.5. The van der Waals surface area contributed by atoms with E-state index in [-0.39, 0.29) is 29.6 Å². The number of aromatic hydroxyl groups is 2. The van der Waals surface area contributed by atoms with Crippen LogP contribution in [0.2, 0.25) is 0 Å². The lowest BCUT2D eigenvalue weighted by atomic mass is 10.1. The minimum absolute atomic E-state index is 0.0961. The standard InChI is InChI=1S/C24H18N4O4.C2H6/c29-19-9-1-15(2-10-19)13-22(31)27-24-23(17-5-11-20(30)12-6-17)26-21(14-25-24)16-3-7-18(28-32)8-4-16;1-2/h1-12,14,29-30H,13H2,(H,25,27,31);1-2H3. The second kappa shape index (κ2) is 11.3. The van der Waals surface area contributed by atoms with Crippen LogP contribution in [0, 0.1) is 4.91 Å². The van der Waals surface area contributed by atoms with Crippen molar-refractivity contribution in [1.82, 2.24) is 9.97 Å². The summed E-state index contributed by atoms with van der Waals surface area (Å²) in [6.07, 6.45) is 1.63. The fourth-order valence-electron chi connectivity index (χ4n) is 3.11. The van der Waals surface area contributed by atoms with Crippen LogP contribution in [-0.4, -0.2) is 26.1 Å². The first kappa shape index (κ1) is 24.1. The van der Waals surface area contributed by atoms with E-state index in [1.165, 1.54) is 30.5 Å². The number of hydrogen-bond acceptors (Lipinski definition) is 7. The number of amides is 1. The van der Waals surface area contributed by atoms with Crippen molar-refractivity contribution in [2.45, 2.75) is 20.3 Å². The van der Waals surface area contributed by atoms with Gasteiger partial charge < -0.3 is 15.5 Å². The molecule has 172 valence electrons. The quantitative estimate of drug-likeness (QED) is 0.314. The summed E-state index contributed by atoms with van der Waals surface area (Å²) in [5, 5.41) is 24.7. The number of carbonyl (C=O) groups excluding carboxylic acids is 1. The Morgan fingerprint density at radius 1 is 0.853 bits per heavy atom. The molecule has 1 heterocycles. The van der Waals surface area contributed by atoms with E-state index in [9.17, 15) is 19.9 Å². The zero-order valence-corrected chi connectivity index (χ0v) is 18.8. The molecule has 1 amide bonds. The van der Waals surface area contributed by atoms with Crippen LogP contribution >= 0.6 is 0 Å². The Kier molecular flexibility index (Phi) is 8.02. The Balaban J connectivity index is 0.00000158. The largest absolute Gasteiger partial charge is 0.508 e. The SMILES string of the molecule is CC.O=Nc1ccc(-c2cnc(NC(=O)Cc3ccc(O)cc3)c(-c3ccc(O)cc3)n2)cc1. The van der Waals surface area contributed by atoms with Crippen LogP contribution in [0.4, 0.5) is 11.5 Å². The summed E-state index contributed by atoms with van der Waals surface area (Å²) in [6.45, 7) is 4.00. The molecule has 0 saturated carbocycles. The van der Waals surface area contributed by atoms with E-state index in [0.29, 0.717) is 22.6 Å². The molecule has 4 aromatic rings. The third-order valence-electron chi connectivity index (χ3n) is 4.74. The maximum absolute atomic E-state index is 12.6. The minimum Gasteiger partial charge on any atom is -0.508 e. The Morgan fingerprint density at radius 3 is 2.00 bits per heavy atom. The van der Waals surface area contributed by atoms with Crippen LogP contribution in [-0.2, 0) is 11.2 Å². The van der Waals surface area contributed by atoms with Gasteiger partial charge in [-0.2, -0.15) is 0 Å². The molecular weight excluding hydrogens is 432 g/mol. The molecular formula is C26H24N4O4. The topological polar surface area (TPSA) is 125 Å². The van der Waals surface area contributed by atoms with Crippen molar-refractivity contribution in [3.8, 4) is 34.0 Å². The summed E-state index contributed by atoms with van der Waals surface area (Å²) in [6, 6.07) is 19.4. The predicted molar refractivity (Wildman–Crippen MR) is 132 cm³/mol. The van der Waals surface area contributed by atoms with Gasteiger partial charge in [-0.25, -0.2) is 9.97 Å². The molecule has 0 fully saturated rings. The average molecular weight is 457 g/mol. The Bertz CT molecular complexity index is 1260. The number of carbonyl (C=O) groups is 1. The number of phenolic OH excluding ortho intramolecular Hbond substituents is 2. The van der Waals surface area contributed by atoms with Gasteiger partial charge in [0.15, 0.2) is 5.82 Å². The van der Waals surface area contributed by atoms with E-state index < -0.39 is 0 Å². The monoisotopic (exact) mass is 456 g/mol. The third-order valence-corrected chi connectivity index (χ3v) is 4.74. The molecule has 0 atom stereocenters. The van der Waals surface area contributed by atoms with Crippen molar-refractivity contribution in [1.29, 1.82) is 0 Å². The molecule has 0 aliphatic heterocycles. The van der Waals surface area contributed by atoms with Gasteiger partial charge in [-0.15, -0.1) is 4.91 Å². The number of nitrogens with one attached hydrogen (secondary N) is 1. The lowest BCUT2D eigenvalue weighted by molar-refractivity contribution is -0.115. The van der Waals surface area contributed by atoms with Crippen LogP contribution in [0.1, 0.15) is 19.4 Å². The maximum Gasteiger partial charge on any atom is 0.230 e. The number of aromatic nitrogens is 2. The molecule has 34 heavy (non-hydrogen) atoms. The van der Waals surface area contributed by atoms with E-state index in [0.717, 1.165) is 11.1 Å². The number of nitrogens with zero attached hydrogens (tertiary/aromatic N) is 3. The van der Waals surface area contributed by atoms with Gasteiger partial charge in [-0.1, -0.05) is 38.1 Å². The lowest BCUT2D eigenvalue weighted by Crippen LogP contribution is -2.16. The highest BCUT2D eigenvalue weighted by molar-refractivity contribution is 5.94. The van der Waals surface area contributed by atoms with Gasteiger partial charge >= 0.3 is 0 Å². The molecule has 0 aliphatic carbocycles. The smallest absolute Gasteiger partial charge is 0.230 e. The fourth-order valence-corrected chi connectivity index (χ4v) is 3.11. The summed E-state index contributed by atoms with van der Waals surface area (Å²) in [7, 11) is 0. The third kappa shape index (κ3) is 6.01. The summed E-state index contributed by atoms with van der Waals surface area (Å²) in [5.41, 5.74) is 3.40. The molecule has 8 heteroatoms. The van der Waals surface area contributed by atoms with Gasteiger partial charge in [0.05, 0.1) is 18.3 Å². The van der Waals surface area contributed by atoms with Crippen LogP contribution in [0.5, 0.6) is 11.5 Å². The summed E-state index contributed by atoms with van der Waals surface area (Å²) < 4.78 is 0. The van der Waals surface area contributed by atoms with Crippen LogP contribution in [0.3, 0.4) is 0 Å². The van der Waals surface area contributed by atoms with Crippen LogP contribution < -0.4 is 5.32 Å². The normalized spacial score (nSPS) is 10.1. The fraction of sp³-hybridized carbons (Fsp3) is 0.115. The minimum atomic E-state index is -0.292. The van der Waals surface area contributed by atoms with Crippen molar-refractivity contribution in [3.05, 3.63) is 89.5 Å². The predicted octanol–water partition coefficient (Wildman–Crippen LogP) is 5.83. The maximum atomic E-state index is 12.6. The van der Waals surface area contributed by atoms with Crippen molar-refractivity contribution < 1.29 is 15.0 Å². The van der Waals surface area contributed by atoms with Gasteiger partial charge in [0.2, 0.25) is 5.91 Å². The first-order chi connectivity index (χ1) is 16.5. The van der Waals surface area contributed by atoms with Gasteiger partial charge in [0.1, 0.15) is 22.9 Å². The summed E-state index contributed by atoms with van der Waals surface area (Å²) in [5.74, 6) is 0.212. The van der Waals surface area contributed by atoms with Crippen molar-refractivity contribution in [3.63, 3.8) is 0 Å². The van der Waals surface area contributed by atoms with Gasteiger partial charge in [0, 0.05) is 11.1 Å². The Morgan fingerprint density at radius 2 is 1.41 bits per heavy atom. The molecule has 0 aliphatic rings. The number of rotatable bonds is 6. The first-order valence-corrected chi connectivity index (χ1v) is 10.7. The van der Waals surface area contributed by atoms with Gasteiger partial charge in [0.25, 0.3) is 0 Å². The van der Waals surface area contributed by atoms with Crippen LogP contribution in [0.25, 0.3) is 22.5 Å². The number of hydrogen-bond donors (Lipinski definition) is 3. The van der Waals surface area contributed by atoms with Crippen molar-refractivity contribution >= 4 is 17.4 Å². The highest BCUT2D eigenvalue weighted by Crippen LogP contribution is 2.29. The number of nitroso groups, excluding NO2 is 1. The summed E-state index contributed by atoms with van der Waals surface area (Å²) in [4.78, 5) is 32.4. The number of anilines is 1. The molecule has 0 bridgehead atoms. The highest BCUT2D eigenvalue weighted by atomic mass is 16.3. The molecule has 4 rings (SSSR count). The average Bonchev–Trinajstić information content (AvgIpc) is 2.87. The van der Waals surface area contributed by atoms with Gasteiger partial charge in [-0.3, -0.25) is 4.79 Å². The number of phenols is 2. The molecule has 0 saturated heterocycles. The van der Waals surface area contributed by atoms with E-state index in [1.807, 2.05) is 13.8 Å². The molecule has 3 N–H and O–H groups in total. The molecule has 0 unspecified atom stereocenters. The molecule has 0 radical (unpaired) electrons. The van der Waals surface area contributed by atoms with Crippen LogP contribution in [0.15, 0.2) is 84.2 Å². The molecule has 3 aromatic carbocycles. The molecule has 8 nitrogen and oxygen atoms in total. The van der Waals surface area contributed by atoms with E-state index in [2.05, 4.69) is 20.5 Å². The van der Waals surface area contributed by atoms with E-state index >= 15 is 0 Å². The molecule has 0 spiro atoms. The number of benzene rings is 3. The Labute approximate surface area is 197 Å². The van der Waals surface area contributed by atoms with E-state index in [1.54, 1.807) is 48.5 Å². The second-order valence-corrected chi connectivity index (χ2v) is 7.03. The Hall–Kier alpha value is -4.59. The lowest BCUT2D eigenvalue weighted by Gasteiger charge is -2.12. The van der Waals surface area contributed by atoms with Crippen molar-refractivity contribution in [2.75, 3.05) is 5.32 Å². The zero-order valence-electron chi connectivity index (χ0n) is 18.8.